The van der Waals surface area contributed by atoms with E-state index in [4.69, 9.17) is 4.74 Å². The van der Waals surface area contributed by atoms with E-state index in [-0.39, 0.29) is 11.8 Å². The molecule has 0 atom stereocenters. The molecular weight excluding hydrogens is 474 g/mol. The number of aromatic amines is 1. The van der Waals surface area contributed by atoms with Crippen LogP contribution in [0.25, 0.3) is 10.9 Å². The molecule has 0 bridgehead atoms. The van der Waals surface area contributed by atoms with E-state index in [1.54, 1.807) is 0 Å². The number of hydrogen-bond acceptors (Lipinski definition) is 3. The summed E-state index contributed by atoms with van der Waals surface area (Å²) in [5.41, 5.74) is 4.85. The van der Waals surface area contributed by atoms with Gasteiger partial charge in [-0.15, -0.1) is 0 Å². The van der Waals surface area contributed by atoms with Gasteiger partial charge >= 0.3 is 0 Å². The van der Waals surface area contributed by atoms with Gasteiger partial charge in [-0.25, -0.2) is 0 Å². The van der Waals surface area contributed by atoms with Gasteiger partial charge in [0.1, 0.15) is 18.1 Å². The van der Waals surface area contributed by atoms with Crippen LogP contribution in [-0.2, 0) is 17.6 Å². The molecule has 1 spiro atoms. The molecule has 6 nitrogen and oxygen atoms in total. The molecule has 38 heavy (non-hydrogen) atoms. The SMILES string of the molecule is CCc1c(C(=O)N2CCC3(CCCCCc4ccccc4OCCN(C)C3=O)CC2)[nH]c2ccc(C)cc12. The number of para-hydroxylation sites is 1. The molecule has 2 aliphatic heterocycles. The lowest BCUT2D eigenvalue weighted by Crippen LogP contribution is -2.51. The number of nitrogens with one attached hydrogen (secondary N) is 1. The summed E-state index contributed by atoms with van der Waals surface area (Å²) in [5.74, 6) is 1.20. The number of amides is 2. The Morgan fingerprint density at radius 1 is 1.03 bits per heavy atom. The number of hydrogen-bond donors (Lipinski definition) is 1. The molecule has 5 rings (SSSR count). The third kappa shape index (κ3) is 5.18. The third-order valence-corrected chi connectivity index (χ3v) is 8.70. The van der Waals surface area contributed by atoms with Gasteiger partial charge in [-0.1, -0.05) is 49.6 Å². The van der Waals surface area contributed by atoms with Crippen LogP contribution in [0.15, 0.2) is 42.5 Å². The predicted octanol–water partition coefficient (Wildman–Crippen LogP) is 5.92. The number of carbonyl (C=O) groups excluding carboxylic acids is 2. The topological polar surface area (TPSA) is 65.6 Å². The van der Waals surface area contributed by atoms with Crippen molar-refractivity contribution in [3.05, 3.63) is 64.8 Å². The summed E-state index contributed by atoms with van der Waals surface area (Å²) in [7, 11) is 1.90. The molecule has 0 unspecified atom stereocenters. The summed E-state index contributed by atoms with van der Waals surface area (Å²) >= 11 is 0. The van der Waals surface area contributed by atoms with E-state index < -0.39 is 5.41 Å². The fraction of sp³-hybridized carbons (Fsp3) is 0.500. The molecule has 1 aromatic heterocycles. The van der Waals surface area contributed by atoms with Crippen molar-refractivity contribution in [3.63, 3.8) is 0 Å². The Hall–Kier alpha value is -3.28. The lowest BCUT2D eigenvalue weighted by Gasteiger charge is -2.42. The quantitative estimate of drug-likeness (QED) is 0.461. The molecule has 1 fully saturated rings. The Morgan fingerprint density at radius 2 is 1.82 bits per heavy atom. The van der Waals surface area contributed by atoms with Gasteiger partial charge in [0.05, 0.1) is 12.0 Å². The Balaban J connectivity index is 1.30. The molecule has 3 aromatic rings. The number of benzene rings is 2. The fourth-order valence-corrected chi connectivity index (χ4v) is 6.38. The average Bonchev–Trinajstić information content (AvgIpc) is 3.30. The van der Waals surface area contributed by atoms with E-state index in [0.717, 1.165) is 60.7 Å². The van der Waals surface area contributed by atoms with Crippen molar-refractivity contribution in [2.45, 2.75) is 65.2 Å². The summed E-state index contributed by atoms with van der Waals surface area (Å²) in [6.07, 6.45) is 7.31. The summed E-state index contributed by atoms with van der Waals surface area (Å²) in [4.78, 5) is 34.7. The van der Waals surface area contributed by atoms with Crippen LogP contribution >= 0.6 is 0 Å². The minimum absolute atomic E-state index is 0.0576. The molecule has 0 aliphatic carbocycles. The van der Waals surface area contributed by atoms with E-state index in [1.807, 2.05) is 29.0 Å². The molecule has 3 heterocycles. The summed E-state index contributed by atoms with van der Waals surface area (Å²) < 4.78 is 6.10. The molecule has 1 N–H and O–H groups in total. The van der Waals surface area contributed by atoms with Crippen molar-refractivity contribution in [1.29, 1.82) is 0 Å². The number of likely N-dealkylation sites (tertiary alicyclic amines) is 1. The minimum atomic E-state index is -0.405. The van der Waals surface area contributed by atoms with Crippen molar-refractivity contribution in [3.8, 4) is 5.75 Å². The number of likely N-dealkylation sites (N-methyl/N-ethyl adjacent to an activating group) is 1. The number of aryl methyl sites for hydroxylation is 3. The lowest BCUT2D eigenvalue weighted by atomic mass is 9.73. The van der Waals surface area contributed by atoms with Gasteiger partial charge in [0.2, 0.25) is 5.91 Å². The van der Waals surface area contributed by atoms with Crippen LogP contribution in [0.2, 0.25) is 0 Å². The van der Waals surface area contributed by atoms with Gasteiger partial charge in [-0.2, -0.15) is 0 Å². The van der Waals surface area contributed by atoms with E-state index in [1.165, 1.54) is 11.1 Å². The number of piperidine rings is 1. The van der Waals surface area contributed by atoms with Crippen LogP contribution in [0, 0.1) is 12.3 Å². The van der Waals surface area contributed by atoms with E-state index in [2.05, 4.69) is 49.2 Å². The Bertz CT molecular complexity index is 1300. The molecule has 2 aromatic carbocycles. The van der Waals surface area contributed by atoms with Crippen LogP contribution in [0.4, 0.5) is 0 Å². The number of nitrogens with zero attached hydrogens (tertiary/aromatic N) is 2. The first-order valence-corrected chi connectivity index (χ1v) is 14.3. The summed E-state index contributed by atoms with van der Waals surface area (Å²) in [6, 6.07) is 14.6. The molecule has 6 heteroatoms. The smallest absolute Gasteiger partial charge is 0.270 e. The normalized spacial score (nSPS) is 18.9. The molecule has 0 radical (unpaired) electrons. The van der Waals surface area contributed by atoms with Crippen molar-refractivity contribution in [2.75, 3.05) is 33.3 Å². The largest absolute Gasteiger partial charge is 0.491 e. The number of carbonyl (C=O) groups is 2. The van der Waals surface area contributed by atoms with E-state index in [9.17, 15) is 9.59 Å². The van der Waals surface area contributed by atoms with Crippen molar-refractivity contribution in [2.24, 2.45) is 5.41 Å². The predicted molar refractivity (Wildman–Crippen MR) is 152 cm³/mol. The van der Waals surface area contributed by atoms with Crippen LogP contribution < -0.4 is 4.74 Å². The van der Waals surface area contributed by atoms with Gasteiger partial charge in [-0.3, -0.25) is 9.59 Å². The first-order valence-electron chi connectivity index (χ1n) is 14.3. The zero-order valence-corrected chi connectivity index (χ0v) is 23.1. The fourth-order valence-electron chi connectivity index (χ4n) is 6.38. The molecule has 1 saturated heterocycles. The maximum absolute atomic E-state index is 13.8. The highest BCUT2D eigenvalue weighted by Crippen LogP contribution is 2.39. The zero-order chi connectivity index (χ0) is 26.7. The van der Waals surface area contributed by atoms with Gasteiger partial charge in [0, 0.05) is 31.0 Å². The number of fused-ring (bicyclic) bond motifs is 2. The second kappa shape index (κ2) is 11.2. The van der Waals surface area contributed by atoms with Gasteiger partial charge in [0.15, 0.2) is 0 Å². The maximum atomic E-state index is 13.8. The van der Waals surface area contributed by atoms with Gasteiger partial charge in [0.25, 0.3) is 5.91 Å². The summed E-state index contributed by atoms with van der Waals surface area (Å²) in [5, 5.41) is 1.14. The molecule has 0 saturated carbocycles. The highest BCUT2D eigenvalue weighted by atomic mass is 16.5. The van der Waals surface area contributed by atoms with Crippen molar-refractivity contribution in [1.82, 2.24) is 14.8 Å². The van der Waals surface area contributed by atoms with E-state index in [0.29, 0.717) is 44.8 Å². The van der Waals surface area contributed by atoms with Crippen molar-refractivity contribution < 1.29 is 14.3 Å². The Kier molecular flexibility index (Phi) is 7.78. The summed E-state index contributed by atoms with van der Waals surface area (Å²) in [6.45, 7) is 6.46. The number of H-pyrrole nitrogens is 1. The molecule has 202 valence electrons. The first-order chi connectivity index (χ1) is 18.4. The van der Waals surface area contributed by atoms with Crippen LogP contribution in [0.3, 0.4) is 0 Å². The van der Waals surface area contributed by atoms with Crippen LogP contribution in [0.5, 0.6) is 5.75 Å². The highest BCUT2D eigenvalue weighted by molar-refractivity contribution is 6.01. The van der Waals surface area contributed by atoms with Crippen LogP contribution in [-0.4, -0.2) is 59.9 Å². The third-order valence-electron chi connectivity index (χ3n) is 8.70. The van der Waals surface area contributed by atoms with Crippen molar-refractivity contribution >= 4 is 22.7 Å². The second-order valence-electron chi connectivity index (χ2n) is 11.2. The van der Waals surface area contributed by atoms with E-state index >= 15 is 0 Å². The number of aromatic nitrogens is 1. The molecule has 2 amide bonds. The number of ether oxygens (including phenoxy) is 1. The molecule has 2 aliphatic rings. The zero-order valence-electron chi connectivity index (χ0n) is 23.1. The number of rotatable bonds is 2. The Morgan fingerprint density at radius 3 is 2.61 bits per heavy atom. The molecular formula is C32H41N3O3. The monoisotopic (exact) mass is 515 g/mol. The van der Waals surface area contributed by atoms with Crippen LogP contribution in [0.1, 0.15) is 72.6 Å². The standard InChI is InChI=1S/C32H41N3O3/c1-4-25-26-22-23(2)13-14-27(26)33-29(25)30(36)35-18-16-32(17-19-35)15-9-5-6-10-24-11-7-8-12-28(24)38-21-20-34(3)31(32)37/h7-8,11-14,22,33H,4-6,9-10,15-21H2,1-3H3. The second-order valence-corrected chi connectivity index (χ2v) is 11.2. The average molecular weight is 516 g/mol. The Labute approximate surface area is 226 Å². The highest BCUT2D eigenvalue weighted by Gasteiger charge is 2.43. The van der Waals surface area contributed by atoms with Gasteiger partial charge in [-0.05, 0) is 74.8 Å². The minimum Gasteiger partial charge on any atom is -0.491 e. The first kappa shape index (κ1) is 26.3. The maximum Gasteiger partial charge on any atom is 0.270 e. The van der Waals surface area contributed by atoms with Gasteiger partial charge < -0.3 is 19.5 Å². The lowest BCUT2D eigenvalue weighted by molar-refractivity contribution is -0.144.